The molecule has 2 atom stereocenters. The standard InChI is InChI=1S/C12H16N2OS/c1-11(2)6-4-5-12(11,3)8-7(6)9(15)14-10(16)13-8/h6H,4-5H2,1-3H3,(H2,13,14,15,16)/t6-,12+/m1/s1. The van der Waals surface area contributed by atoms with Gasteiger partial charge in [-0.1, -0.05) is 20.8 Å². The number of hydrogen-bond acceptors (Lipinski definition) is 2. The highest BCUT2D eigenvalue weighted by Gasteiger charge is 2.60. The Kier molecular flexibility index (Phi) is 1.71. The van der Waals surface area contributed by atoms with Gasteiger partial charge in [-0.2, -0.15) is 0 Å². The number of rotatable bonds is 0. The van der Waals surface area contributed by atoms with Crippen LogP contribution in [0.15, 0.2) is 4.79 Å². The Labute approximate surface area is 99.3 Å². The highest BCUT2D eigenvalue weighted by atomic mass is 32.1. The molecule has 3 rings (SSSR count). The molecule has 0 saturated heterocycles. The summed E-state index contributed by atoms with van der Waals surface area (Å²) in [6, 6.07) is 0. The second-order valence-electron chi connectivity index (χ2n) is 5.84. The first-order chi connectivity index (χ1) is 7.38. The van der Waals surface area contributed by atoms with Crippen molar-refractivity contribution in [3.05, 3.63) is 26.4 Å². The van der Waals surface area contributed by atoms with Crippen molar-refractivity contribution in [2.75, 3.05) is 0 Å². The van der Waals surface area contributed by atoms with Crippen LogP contribution in [-0.2, 0) is 5.41 Å². The fraction of sp³-hybridized carbons (Fsp3) is 0.667. The average Bonchev–Trinajstić information content (AvgIpc) is 2.48. The van der Waals surface area contributed by atoms with Crippen molar-refractivity contribution in [1.82, 2.24) is 9.97 Å². The Morgan fingerprint density at radius 2 is 2.00 bits per heavy atom. The predicted octanol–water partition coefficient (Wildman–Crippen LogP) is 2.61. The van der Waals surface area contributed by atoms with E-state index in [1.807, 2.05) is 0 Å². The van der Waals surface area contributed by atoms with Crippen molar-refractivity contribution in [2.45, 2.75) is 44.9 Å². The van der Waals surface area contributed by atoms with Crippen LogP contribution in [0.2, 0.25) is 0 Å². The molecule has 0 aliphatic heterocycles. The van der Waals surface area contributed by atoms with E-state index < -0.39 is 0 Å². The summed E-state index contributed by atoms with van der Waals surface area (Å²) in [5, 5.41) is 0. The van der Waals surface area contributed by atoms with Crippen LogP contribution in [0.5, 0.6) is 0 Å². The van der Waals surface area contributed by atoms with Crippen LogP contribution in [0.1, 0.15) is 50.8 Å². The minimum Gasteiger partial charge on any atom is -0.335 e. The van der Waals surface area contributed by atoms with E-state index in [-0.39, 0.29) is 16.4 Å². The molecule has 0 spiro atoms. The molecular weight excluding hydrogens is 220 g/mol. The molecule has 2 N–H and O–H groups in total. The van der Waals surface area contributed by atoms with Crippen molar-refractivity contribution < 1.29 is 0 Å². The molecule has 2 aliphatic rings. The summed E-state index contributed by atoms with van der Waals surface area (Å²) in [4.78, 5) is 17.9. The van der Waals surface area contributed by atoms with Gasteiger partial charge in [0.15, 0.2) is 4.77 Å². The van der Waals surface area contributed by atoms with Gasteiger partial charge in [0.2, 0.25) is 0 Å². The second-order valence-corrected chi connectivity index (χ2v) is 6.25. The van der Waals surface area contributed by atoms with Crippen LogP contribution in [-0.4, -0.2) is 9.97 Å². The molecule has 0 aromatic carbocycles. The lowest BCUT2D eigenvalue weighted by atomic mass is 9.70. The molecule has 1 fully saturated rings. The molecule has 16 heavy (non-hydrogen) atoms. The zero-order chi connectivity index (χ0) is 11.7. The number of aromatic nitrogens is 2. The Morgan fingerprint density at radius 3 is 2.69 bits per heavy atom. The molecule has 2 bridgehead atoms. The Balaban J connectivity index is 2.43. The van der Waals surface area contributed by atoms with E-state index in [1.54, 1.807) is 0 Å². The molecule has 0 unspecified atom stereocenters. The summed E-state index contributed by atoms with van der Waals surface area (Å²) in [6.07, 6.45) is 2.26. The minimum atomic E-state index is 0.0141. The smallest absolute Gasteiger partial charge is 0.255 e. The van der Waals surface area contributed by atoms with E-state index >= 15 is 0 Å². The van der Waals surface area contributed by atoms with Crippen molar-refractivity contribution in [1.29, 1.82) is 0 Å². The van der Waals surface area contributed by atoms with Gasteiger partial charge in [-0.25, -0.2) is 0 Å². The number of fused-ring (bicyclic) bond motifs is 5. The zero-order valence-electron chi connectivity index (χ0n) is 9.81. The summed E-state index contributed by atoms with van der Waals surface area (Å²) in [7, 11) is 0. The van der Waals surface area contributed by atoms with Crippen LogP contribution < -0.4 is 5.56 Å². The van der Waals surface area contributed by atoms with E-state index in [4.69, 9.17) is 12.2 Å². The Hall–Kier alpha value is -0.900. The van der Waals surface area contributed by atoms with Crippen molar-refractivity contribution in [3.8, 4) is 0 Å². The fourth-order valence-electron chi connectivity index (χ4n) is 3.72. The summed E-state index contributed by atoms with van der Waals surface area (Å²) in [6.45, 7) is 6.78. The highest BCUT2D eigenvalue weighted by molar-refractivity contribution is 7.71. The zero-order valence-corrected chi connectivity index (χ0v) is 10.6. The Morgan fingerprint density at radius 1 is 1.31 bits per heavy atom. The maximum absolute atomic E-state index is 12.0. The van der Waals surface area contributed by atoms with E-state index in [1.165, 1.54) is 0 Å². The SMILES string of the molecule is CC1(C)[C@@H]2CC[C@@]1(C)c1[nH]c(=S)[nH]c(=O)c12. The molecule has 1 aromatic heterocycles. The van der Waals surface area contributed by atoms with Crippen LogP contribution in [0.25, 0.3) is 0 Å². The lowest BCUT2D eigenvalue weighted by Crippen LogP contribution is -2.32. The number of hydrogen-bond donors (Lipinski definition) is 2. The molecule has 2 aliphatic carbocycles. The molecule has 86 valence electrons. The number of aromatic amines is 2. The van der Waals surface area contributed by atoms with E-state index in [2.05, 4.69) is 30.7 Å². The lowest BCUT2D eigenvalue weighted by Gasteiger charge is -2.34. The van der Waals surface area contributed by atoms with Gasteiger partial charge in [-0.3, -0.25) is 9.78 Å². The molecule has 1 heterocycles. The maximum atomic E-state index is 12.0. The monoisotopic (exact) mass is 236 g/mol. The summed E-state index contributed by atoms with van der Waals surface area (Å²) in [5.41, 5.74) is 2.28. The van der Waals surface area contributed by atoms with Gasteiger partial charge in [0.25, 0.3) is 5.56 Å². The van der Waals surface area contributed by atoms with Crippen molar-refractivity contribution in [3.63, 3.8) is 0 Å². The molecule has 1 saturated carbocycles. The largest absolute Gasteiger partial charge is 0.335 e. The van der Waals surface area contributed by atoms with E-state index in [0.29, 0.717) is 10.7 Å². The van der Waals surface area contributed by atoms with Gasteiger partial charge in [0, 0.05) is 16.7 Å². The quantitative estimate of drug-likeness (QED) is 0.680. The third kappa shape index (κ3) is 0.902. The first-order valence-electron chi connectivity index (χ1n) is 5.75. The maximum Gasteiger partial charge on any atom is 0.255 e. The van der Waals surface area contributed by atoms with Gasteiger partial charge in [0.05, 0.1) is 0 Å². The van der Waals surface area contributed by atoms with Crippen LogP contribution in [0, 0.1) is 10.2 Å². The molecule has 0 amide bonds. The first-order valence-corrected chi connectivity index (χ1v) is 6.16. The fourth-order valence-corrected chi connectivity index (χ4v) is 3.91. The van der Waals surface area contributed by atoms with Gasteiger partial charge in [0.1, 0.15) is 0 Å². The topological polar surface area (TPSA) is 48.6 Å². The minimum absolute atomic E-state index is 0.0141. The first kappa shape index (κ1) is 10.3. The molecule has 1 aromatic rings. The molecule has 0 radical (unpaired) electrons. The van der Waals surface area contributed by atoms with Gasteiger partial charge in [-0.05, 0) is 36.4 Å². The van der Waals surface area contributed by atoms with Gasteiger partial charge in [-0.15, -0.1) is 0 Å². The molecular formula is C12H16N2OS. The van der Waals surface area contributed by atoms with Crippen LogP contribution in [0.4, 0.5) is 0 Å². The number of nitrogens with one attached hydrogen (secondary N) is 2. The number of H-pyrrole nitrogens is 2. The van der Waals surface area contributed by atoms with Crippen LogP contribution in [0.3, 0.4) is 0 Å². The summed E-state index contributed by atoms with van der Waals surface area (Å²) >= 11 is 5.07. The van der Waals surface area contributed by atoms with Gasteiger partial charge < -0.3 is 4.98 Å². The van der Waals surface area contributed by atoms with E-state index in [9.17, 15) is 4.79 Å². The summed E-state index contributed by atoms with van der Waals surface area (Å²) in [5.74, 6) is 0.378. The Bertz CT molecular complexity index is 583. The van der Waals surface area contributed by atoms with Crippen molar-refractivity contribution >= 4 is 12.2 Å². The second kappa shape index (κ2) is 2.67. The van der Waals surface area contributed by atoms with Crippen molar-refractivity contribution in [2.24, 2.45) is 5.41 Å². The summed E-state index contributed by atoms with van der Waals surface area (Å²) < 4.78 is 0.452. The lowest BCUT2D eigenvalue weighted by molar-refractivity contribution is 0.227. The predicted molar refractivity (Wildman–Crippen MR) is 65.4 cm³/mol. The van der Waals surface area contributed by atoms with Crippen LogP contribution >= 0.6 is 12.2 Å². The average molecular weight is 236 g/mol. The molecule has 3 nitrogen and oxygen atoms in total. The van der Waals surface area contributed by atoms with E-state index in [0.717, 1.165) is 24.1 Å². The third-order valence-corrected chi connectivity index (χ3v) is 5.31. The third-order valence-electron chi connectivity index (χ3n) is 5.11. The van der Waals surface area contributed by atoms with Gasteiger partial charge >= 0.3 is 0 Å². The normalized spacial score (nSPS) is 34.1. The molecule has 4 heteroatoms. The highest BCUT2D eigenvalue weighted by Crippen LogP contribution is 2.66.